The van der Waals surface area contributed by atoms with E-state index in [4.69, 9.17) is 4.74 Å². The SMILES string of the molecule is CCC1(c2ccc(OC)cc2)CCCCCN1. The quantitative estimate of drug-likeness (QED) is 0.863. The van der Waals surface area contributed by atoms with Gasteiger partial charge in [-0.3, -0.25) is 0 Å². The third-order valence-electron chi connectivity index (χ3n) is 3.99. The largest absolute Gasteiger partial charge is 0.497 e. The minimum Gasteiger partial charge on any atom is -0.497 e. The average molecular weight is 233 g/mol. The summed E-state index contributed by atoms with van der Waals surface area (Å²) < 4.78 is 5.23. The lowest BCUT2D eigenvalue weighted by atomic mass is 9.83. The van der Waals surface area contributed by atoms with Crippen LogP contribution in [0.3, 0.4) is 0 Å². The Labute approximate surface area is 104 Å². The highest BCUT2D eigenvalue weighted by Gasteiger charge is 2.30. The highest BCUT2D eigenvalue weighted by molar-refractivity contribution is 5.32. The molecule has 1 atom stereocenters. The minimum absolute atomic E-state index is 0.183. The normalized spacial score (nSPS) is 25.3. The second-order valence-electron chi connectivity index (χ2n) is 4.90. The summed E-state index contributed by atoms with van der Waals surface area (Å²) >= 11 is 0. The van der Waals surface area contributed by atoms with Gasteiger partial charge in [0.05, 0.1) is 7.11 Å². The lowest BCUT2D eigenvalue weighted by Gasteiger charge is -2.33. The maximum Gasteiger partial charge on any atom is 0.118 e. The fraction of sp³-hybridized carbons (Fsp3) is 0.600. The van der Waals surface area contributed by atoms with Gasteiger partial charge in [0.1, 0.15) is 5.75 Å². The number of hydrogen-bond donors (Lipinski definition) is 1. The van der Waals surface area contributed by atoms with Crippen molar-refractivity contribution >= 4 is 0 Å². The molecule has 1 saturated heterocycles. The van der Waals surface area contributed by atoms with E-state index in [0.717, 1.165) is 18.7 Å². The van der Waals surface area contributed by atoms with Crippen molar-refractivity contribution in [3.8, 4) is 5.75 Å². The molecule has 94 valence electrons. The van der Waals surface area contributed by atoms with E-state index in [0.29, 0.717) is 0 Å². The first-order valence-electron chi connectivity index (χ1n) is 6.70. The van der Waals surface area contributed by atoms with Crippen LogP contribution in [0, 0.1) is 0 Å². The standard InChI is InChI=1S/C15H23NO/c1-3-15(11-5-4-6-12-16-15)13-7-9-14(17-2)10-8-13/h7-10,16H,3-6,11-12H2,1-2H3. The molecule has 1 aliphatic rings. The molecule has 17 heavy (non-hydrogen) atoms. The summed E-state index contributed by atoms with van der Waals surface area (Å²) in [5.74, 6) is 0.939. The Kier molecular flexibility index (Phi) is 4.06. The Hall–Kier alpha value is -1.02. The minimum atomic E-state index is 0.183. The summed E-state index contributed by atoms with van der Waals surface area (Å²) in [6.07, 6.45) is 6.38. The molecule has 1 unspecified atom stereocenters. The topological polar surface area (TPSA) is 21.3 Å². The molecule has 1 aromatic carbocycles. The van der Waals surface area contributed by atoms with Gasteiger partial charge >= 0.3 is 0 Å². The Morgan fingerprint density at radius 3 is 2.59 bits per heavy atom. The van der Waals surface area contributed by atoms with Crippen molar-refractivity contribution in [2.24, 2.45) is 0 Å². The molecule has 2 heteroatoms. The van der Waals surface area contributed by atoms with E-state index >= 15 is 0 Å². The monoisotopic (exact) mass is 233 g/mol. The van der Waals surface area contributed by atoms with Crippen LogP contribution in [0.15, 0.2) is 24.3 Å². The van der Waals surface area contributed by atoms with Crippen molar-refractivity contribution in [1.29, 1.82) is 0 Å². The molecule has 1 aromatic rings. The average Bonchev–Trinajstić information content (AvgIpc) is 2.65. The van der Waals surface area contributed by atoms with Gasteiger partial charge in [-0.25, -0.2) is 0 Å². The number of methoxy groups -OCH3 is 1. The zero-order chi connectivity index (χ0) is 12.1. The maximum absolute atomic E-state index is 5.23. The van der Waals surface area contributed by atoms with E-state index in [2.05, 4.69) is 36.5 Å². The Balaban J connectivity index is 2.25. The predicted octanol–water partition coefficient (Wildman–Crippen LogP) is 3.46. The molecule has 1 N–H and O–H groups in total. The summed E-state index contributed by atoms with van der Waals surface area (Å²) in [5.41, 5.74) is 1.59. The van der Waals surface area contributed by atoms with Gasteiger partial charge in [0.2, 0.25) is 0 Å². The molecule has 0 aromatic heterocycles. The molecule has 0 radical (unpaired) electrons. The summed E-state index contributed by atoms with van der Waals surface area (Å²) in [6.45, 7) is 3.42. The van der Waals surface area contributed by atoms with Crippen LogP contribution >= 0.6 is 0 Å². The van der Waals surface area contributed by atoms with Gasteiger partial charge < -0.3 is 10.1 Å². The third kappa shape index (κ3) is 2.63. The van der Waals surface area contributed by atoms with Crippen LogP contribution in [0.25, 0.3) is 0 Å². The molecule has 0 bridgehead atoms. The van der Waals surface area contributed by atoms with E-state index in [1.807, 2.05) is 0 Å². The lowest BCUT2D eigenvalue weighted by Crippen LogP contribution is -2.41. The molecule has 2 nitrogen and oxygen atoms in total. The molecule has 0 spiro atoms. The van der Waals surface area contributed by atoms with Gasteiger partial charge in [0, 0.05) is 5.54 Å². The van der Waals surface area contributed by atoms with E-state index in [9.17, 15) is 0 Å². The second kappa shape index (κ2) is 5.54. The van der Waals surface area contributed by atoms with Crippen molar-refractivity contribution in [3.63, 3.8) is 0 Å². The summed E-state index contributed by atoms with van der Waals surface area (Å²) in [4.78, 5) is 0. The van der Waals surface area contributed by atoms with Crippen LogP contribution in [0.1, 0.15) is 44.6 Å². The van der Waals surface area contributed by atoms with Gasteiger partial charge in [-0.1, -0.05) is 31.9 Å². The molecule has 0 saturated carbocycles. The highest BCUT2D eigenvalue weighted by Crippen LogP contribution is 2.33. The van der Waals surface area contributed by atoms with Gasteiger partial charge in [0.25, 0.3) is 0 Å². The molecule has 1 aliphatic heterocycles. The van der Waals surface area contributed by atoms with E-state index in [1.165, 1.54) is 31.2 Å². The van der Waals surface area contributed by atoms with Crippen molar-refractivity contribution in [1.82, 2.24) is 5.32 Å². The van der Waals surface area contributed by atoms with Gasteiger partial charge in [-0.15, -0.1) is 0 Å². The van der Waals surface area contributed by atoms with Crippen molar-refractivity contribution in [2.45, 2.75) is 44.6 Å². The maximum atomic E-state index is 5.23. The van der Waals surface area contributed by atoms with E-state index in [-0.39, 0.29) is 5.54 Å². The summed E-state index contributed by atoms with van der Waals surface area (Å²) in [6, 6.07) is 8.56. The zero-order valence-electron chi connectivity index (χ0n) is 11.0. The molecular weight excluding hydrogens is 210 g/mol. The van der Waals surface area contributed by atoms with Crippen molar-refractivity contribution in [2.75, 3.05) is 13.7 Å². The Morgan fingerprint density at radius 2 is 1.94 bits per heavy atom. The van der Waals surface area contributed by atoms with Gasteiger partial charge in [-0.2, -0.15) is 0 Å². The van der Waals surface area contributed by atoms with E-state index in [1.54, 1.807) is 7.11 Å². The molecule has 2 rings (SSSR count). The Morgan fingerprint density at radius 1 is 1.18 bits per heavy atom. The second-order valence-corrected chi connectivity index (χ2v) is 4.90. The van der Waals surface area contributed by atoms with Gasteiger partial charge in [-0.05, 0) is 43.5 Å². The number of benzene rings is 1. The van der Waals surface area contributed by atoms with Crippen LogP contribution in [0.5, 0.6) is 5.75 Å². The lowest BCUT2D eigenvalue weighted by molar-refractivity contribution is 0.312. The first-order valence-corrected chi connectivity index (χ1v) is 6.70. The fourth-order valence-electron chi connectivity index (χ4n) is 2.81. The highest BCUT2D eigenvalue weighted by atomic mass is 16.5. The van der Waals surface area contributed by atoms with E-state index < -0.39 is 0 Å². The molecule has 1 fully saturated rings. The molecule has 0 amide bonds. The van der Waals surface area contributed by atoms with Gasteiger partial charge in [0.15, 0.2) is 0 Å². The van der Waals surface area contributed by atoms with Crippen LogP contribution in [0.4, 0.5) is 0 Å². The Bertz CT molecular complexity index is 336. The van der Waals surface area contributed by atoms with Crippen LogP contribution < -0.4 is 10.1 Å². The third-order valence-corrected chi connectivity index (χ3v) is 3.99. The summed E-state index contributed by atoms with van der Waals surface area (Å²) in [5, 5.41) is 3.76. The first kappa shape index (κ1) is 12.4. The number of rotatable bonds is 3. The smallest absolute Gasteiger partial charge is 0.118 e. The van der Waals surface area contributed by atoms with Crippen LogP contribution in [0.2, 0.25) is 0 Å². The first-order chi connectivity index (χ1) is 8.30. The van der Waals surface area contributed by atoms with Crippen LogP contribution in [-0.2, 0) is 5.54 Å². The molecular formula is C15H23NO. The number of ether oxygens (including phenoxy) is 1. The number of nitrogens with one attached hydrogen (secondary N) is 1. The number of hydrogen-bond acceptors (Lipinski definition) is 2. The summed E-state index contributed by atoms with van der Waals surface area (Å²) in [7, 11) is 1.72. The molecule has 0 aliphatic carbocycles. The fourth-order valence-corrected chi connectivity index (χ4v) is 2.81. The molecule has 1 heterocycles. The predicted molar refractivity (Wildman–Crippen MR) is 71.4 cm³/mol. The zero-order valence-corrected chi connectivity index (χ0v) is 11.0. The van der Waals surface area contributed by atoms with Crippen molar-refractivity contribution < 1.29 is 4.74 Å². The van der Waals surface area contributed by atoms with Crippen LogP contribution in [-0.4, -0.2) is 13.7 Å². The van der Waals surface area contributed by atoms with Crippen molar-refractivity contribution in [3.05, 3.63) is 29.8 Å².